The molecule has 0 spiro atoms. The number of fused-ring (bicyclic) bond motifs is 1. The number of para-hydroxylation sites is 1. The molecule has 0 radical (unpaired) electrons. The number of amides is 1. The van der Waals surface area contributed by atoms with Gasteiger partial charge in [0.05, 0.1) is 18.2 Å². The second-order valence-electron chi connectivity index (χ2n) is 7.31. The molecule has 0 atom stereocenters. The smallest absolute Gasteiger partial charge is 0.246 e. The summed E-state index contributed by atoms with van der Waals surface area (Å²) in [5.41, 5.74) is 3.33. The number of carbonyl (C=O) groups is 1. The molecule has 0 N–H and O–H groups in total. The number of piperazine rings is 1. The Hall–Kier alpha value is -2.66. The Morgan fingerprint density at radius 1 is 1.07 bits per heavy atom. The van der Waals surface area contributed by atoms with Crippen LogP contribution in [0.2, 0.25) is 5.02 Å². The van der Waals surface area contributed by atoms with Gasteiger partial charge in [-0.05, 0) is 42.3 Å². The van der Waals surface area contributed by atoms with E-state index >= 15 is 0 Å². The van der Waals surface area contributed by atoms with Crippen LogP contribution in [0.1, 0.15) is 17.5 Å². The van der Waals surface area contributed by atoms with E-state index in [4.69, 9.17) is 21.1 Å². The van der Waals surface area contributed by atoms with Crippen molar-refractivity contribution in [2.75, 3.05) is 44.3 Å². The van der Waals surface area contributed by atoms with E-state index in [0.717, 1.165) is 25.1 Å². The van der Waals surface area contributed by atoms with Crippen LogP contribution in [0.15, 0.2) is 42.5 Å². The molecule has 6 heteroatoms. The Morgan fingerprint density at radius 3 is 2.62 bits per heavy atom. The summed E-state index contributed by atoms with van der Waals surface area (Å²) in [6.07, 6.45) is 4.22. The summed E-state index contributed by atoms with van der Waals surface area (Å²) in [7, 11) is 0. The van der Waals surface area contributed by atoms with Gasteiger partial charge in [-0.1, -0.05) is 29.8 Å². The summed E-state index contributed by atoms with van der Waals surface area (Å²) in [4.78, 5) is 16.9. The predicted molar refractivity (Wildman–Crippen MR) is 116 cm³/mol. The monoisotopic (exact) mass is 412 g/mol. The first kappa shape index (κ1) is 19.6. The van der Waals surface area contributed by atoms with E-state index in [-0.39, 0.29) is 5.91 Å². The van der Waals surface area contributed by atoms with Crippen molar-refractivity contribution in [3.05, 3.63) is 58.6 Å². The quantitative estimate of drug-likeness (QED) is 0.709. The fourth-order valence-corrected chi connectivity index (χ4v) is 3.98. The lowest BCUT2D eigenvalue weighted by molar-refractivity contribution is -0.126. The topological polar surface area (TPSA) is 42.0 Å². The van der Waals surface area contributed by atoms with Gasteiger partial charge in [-0.3, -0.25) is 4.79 Å². The maximum Gasteiger partial charge on any atom is 0.246 e. The molecule has 1 amide bonds. The van der Waals surface area contributed by atoms with E-state index in [1.54, 1.807) is 18.2 Å². The summed E-state index contributed by atoms with van der Waals surface area (Å²) >= 11 is 6.33. The van der Waals surface area contributed by atoms with Crippen molar-refractivity contribution in [3.63, 3.8) is 0 Å². The molecule has 0 aromatic heterocycles. The Bertz CT molecular complexity index is 920. The van der Waals surface area contributed by atoms with Gasteiger partial charge in [0.15, 0.2) is 11.5 Å². The van der Waals surface area contributed by atoms with Crippen molar-refractivity contribution >= 4 is 29.3 Å². The minimum atomic E-state index is 0.0117. The summed E-state index contributed by atoms with van der Waals surface area (Å²) in [6, 6.07) is 12.0. The van der Waals surface area contributed by atoms with Crippen molar-refractivity contribution in [2.45, 2.75) is 13.3 Å². The van der Waals surface area contributed by atoms with Gasteiger partial charge < -0.3 is 19.3 Å². The third kappa shape index (κ3) is 4.51. The number of hydrogen-bond donors (Lipinski definition) is 0. The largest absolute Gasteiger partial charge is 0.489 e. The van der Waals surface area contributed by atoms with Crippen LogP contribution in [-0.4, -0.2) is 50.2 Å². The van der Waals surface area contributed by atoms with Crippen LogP contribution < -0.4 is 14.4 Å². The van der Waals surface area contributed by atoms with Crippen LogP contribution in [-0.2, 0) is 4.79 Å². The second-order valence-corrected chi connectivity index (χ2v) is 7.72. The van der Waals surface area contributed by atoms with Gasteiger partial charge in [0, 0.05) is 44.4 Å². The van der Waals surface area contributed by atoms with Gasteiger partial charge in [-0.25, -0.2) is 0 Å². The zero-order valence-corrected chi connectivity index (χ0v) is 17.3. The van der Waals surface area contributed by atoms with Gasteiger partial charge >= 0.3 is 0 Å². The molecule has 2 aliphatic rings. The molecule has 1 saturated heterocycles. The normalized spacial score (nSPS) is 16.8. The average Bonchev–Trinajstić information content (AvgIpc) is 2.98. The van der Waals surface area contributed by atoms with Crippen molar-refractivity contribution in [1.82, 2.24) is 4.90 Å². The lowest BCUT2D eigenvalue weighted by atomic mass is 10.1. The molecule has 5 nitrogen and oxygen atoms in total. The van der Waals surface area contributed by atoms with E-state index in [1.807, 2.05) is 11.0 Å². The zero-order valence-electron chi connectivity index (χ0n) is 16.6. The molecule has 29 heavy (non-hydrogen) atoms. The molecule has 2 heterocycles. The highest BCUT2D eigenvalue weighted by Gasteiger charge is 2.21. The van der Waals surface area contributed by atoms with E-state index < -0.39 is 0 Å². The minimum absolute atomic E-state index is 0.0117. The number of carbonyl (C=O) groups excluding carboxylic acids is 1. The molecule has 0 unspecified atom stereocenters. The third-order valence-electron chi connectivity index (χ3n) is 5.29. The highest BCUT2D eigenvalue weighted by molar-refractivity contribution is 6.32. The molecule has 152 valence electrons. The lowest BCUT2D eigenvalue weighted by Crippen LogP contribution is -2.48. The SMILES string of the molecule is Cc1ccccc1N1CCN(C(=O)/C=C/c2cc(Cl)c3c(c2)OCCCO3)CC1. The Morgan fingerprint density at radius 2 is 1.83 bits per heavy atom. The van der Waals surface area contributed by atoms with Gasteiger partial charge in [0.25, 0.3) is 0 Å². The first-order chi connectivity index (χ1) is 14.1. The number of aryl methyl sites for hydroxylation is 1. The molecular weight excluding hydrogens is 388 g/mol. The van der Waals surface area contributed by atoms with Crippen molar-refractivity contribution in [1.29, 1.82) is 0 Å². The maximum atomic E-state index is 12.6. The van der Waals surface area contributed by atoms with E-state index in [0.29, 0.717) is 42.8 Å². The highest BCUT2D eigenvalue weighted by atomic mass is 35.5. The first-order valence-electron chi connectivity index (χ1n) is 9.98. The van der Waals surface area contributed by atoms with Gasteiger partial charge in [0.1, 0.15) is 0 Å². The summed E-state index contributed by atoms with van der Waals surface area (Å²) in [5.74, 6) is 1.23. The van der Waals surface area contributed by atoms with Gasteiger partial charge in [-0.2, -0.15) is 0 Å². The Balaban J connectivity index is 1.39. The number of anilines is 1. The van der Waals surface area contributed by atoms with Crippen molar-refractivity contribution in [3.8, 4) is 11.5 Å². The molecule has 1 fully saturated rings. The van der Waals surface area contributed by atoms with E-state index in [1.165, 1.54) is 11.3 Å². The lowest BCUT2D eigenvalue weighted by Gasteiger charge is -2.36. The maximum absolute atomic E-state index is 12.6. The van der Waals surface area contributed by atoms with Crippen LogP contribution in [0.5, 0.6) is 11.5 Å². The minimum Gasteiger partial charge on any atom is -0.489 e. The number of halogens is 1. The summed E-state index contributed by atoms with van der Waals surface area (Å²) in [5, 5.41) is 0.503. The first-order valence-corrected chi connectivity index (χ1v) is 10.4. The number of benzene rings is 2. The molecule has 0 bridgehead atoms. The fraction of sp³-hybridized carbons (Fsp3) is 0.348. The van der Waals surface area contributed by atoms with Crippen LogP contribution in [0, 0.1) is 6.92 Å². The Labute approximate surface area is 176 Å². The standard InChI is InChI=1S/C23H25ClN2O3/c1-17-5-2-3-6-20(17)25-9-11-26(12-10-25)22(27)8-7-18-15-19(24)23-21(16-18)28-13-4-14-29-23/h2-3,5-8,15-16H,4,9-14H2,1H3/b8-7+. The van der Waals surface area contributed by atoms with E-state index in [9.17, 15) is 4.79 Å². The number of nitrogens with zero attached hydrogens (tertiary/aromatic N) is 2. The number of ether oxygens (including phenoxy) is 2. The summed E-state index contributed by atoms with van der Waals surface area (Å²) in [6.45, 7) is 6.39. The van der Waals surface area contributed by atoms with Crippen LogP contribution in [0.4, 0.5) is 5.69 Å². The molecule has 2 aliphatic heterocycles. The fourth-order valence-electron chi connectivity index (χ4n) is 3.71. The molecule has 0 saturated carbocycles. The predicted octanol–water partition coefficient (Wildman–Crippen LogP) is 4.17. The molecule has 4 rings (SSSR count). The van der Waals surface area contributed by atoms with Crippen molar-refractivity contribution < 1.29 is 14.3 Å². The highest BCUT2D eigenvalue weighted by Crippen LogP contribution is 2.38. The van der Waals surface area contributed by atoms with E-state index in [2.05, 4.69) is 36.1 Å². The van der Waals surface area contributed by atoms with Crippen LogP contribution in [0.25, 0.3) is 6.08 Å². The van der Waals surface area contributed by atoms with Crippen molar-refractivity contribution in [2.24, 2.45) is 0 Å². The third-order valence-corrected chi connectivity index (χ3v) is 5.57. The van der Waals surface area contributed by atoms with Crippen LogP contribution in [0.3, 0.4) is 0 Å². The molecule has 2 aromatic carbocycles. The average molecular weight is 413 g/mol. The number of rotatable bonds is 3. The Kier molecular flexibility index (Phi) is 5.95. The molecular formula is C23H25ClN2O3. The number of hydrogen-bond acceptors (Lipinski definition) is 4. The summed E-state index contributed by atoms with van der Waals surface area (Å²) < 4.78 is 11.4. The van der Waals surface area contributed by atoms with Gasteiger partial charge in [0.2, 0.25) is 5.91 Å². The molecule has 0 aliphatic carbocycles. The molecule has 2 aromatic rings. The van der Waals surface area contributed by atoms with Gasteiger partial charge in [-0.15, -0.1) is 0 Å². The zero-order chi connectivity index (χ0) is 20.2. The second kappa shape index (κ2) is 8.78. The van der Waals surface area contributed by atoms with Crippen LogP contribution >= 0.6 is 11.6 Å².